The molecule has 1 aromatic heterocycles. The first-order valence-electron chi connectivity index (χ1n) is 6.11. The van der Waals surface area contributed by atoms with Crippen LogP contribution in [0.3, 0.4) is 0 Å². The predicted molar refractivity (Wildman–Crippen MR) is 72.3 cm³/mol. The Morgan fingerprint density at radius 1 is 1.18 bits per heavy atom. The van der Waals surface area contributed by atoms with Crippen molar-refractivity contribution in [1.82, 2.24) is 5.32 Å². The number of benzene rings is 1. The van der Waals surface area contributed by atoms with E-state index in [2.05, 4.69) is 58.1 Å². The number of fused-ring (bicyclic) bond motifs is 1. The molecule has 2 aromatic rings. The van der Waals surface area contributed by atoms with Gasteiger partial charge in [-0.2, -0.15) is 0 Å². The van der Waals surface area contributed by atoms with Gasteiger partial charge in [0.1, 0.15) is 11.3 Å². The average Bonchev–Trinajstić information content (AvgIpc) is 2.54. The molecule has 0 amide bonds. The van der Waals surface area contributed by atoms with Crippen LogP contribution in [0.15, 0.2) is 22.6 Å². The van der Waals surface area contributed by atoms with E-state index in [1.165, 1.54) is 16.5 Å². The van der Waals surface area contributed by atoms with E-state index < -0.39 is 0 Å². The molecule has 17 heavy (non-hydrogen) atoms. The fraction of sp³-hybridized carbons (Fsp3) is 0.467. The Balaban J connectivity index is 2.36. The summed E-state index contributed by atoms with van der Waals surface area (Å²) in [4.78, 5) is 0. The number of rotatable bonds is 2. The van der Waals surface area contributed by atoms with Crippen LogP contribution in [0.1, 0.15) is 37.7 Å². The highest BCUT2D eigenvalue weighted by molar-refractivity contribution is 5.84. The van der Waals surface area contributed by atoms with Gasteiger partial charge in [0.05, 0.1) is 6.54 Å². The van der Waals surface area contributed by atoms with E-state index in [-0.39, 0.29) is 5.54 Å². The van der Waals surface area contributed by atoms with Gasteiger partial charge in [-0.05, 0) is 45.7 Å². The van der Waals surface area contributed by atoms with Crippen LogP contribution in [-0.2, 0) is 6.54 Å². The van der Waals surface area contributed by atoms with E-state index in [9.17, 15) is 0 Å². The molecule has 0 aliphatic heterocycles. The van der Waals surface area contributed by atoms with Crippen molar-refractivity contribution < 1.29 is 4.42 Å². The summed E-state index contributed by atoms with van der Waals surface area (Å²) in [5.74, 6) is 1.05. The van der Waals surface area contributed by atoms with E-state index in [0.717, 1.165) is 17.9 Å². The molecule has 0 unspecified atom stereocenters. The molecule has 0 fully saturated rings. The molecule has 1 heterocycles. The van der Waals surface area contributed by atoms with Crippen molar-refractivity contribution >= 4 is 11.0 Å². The first-order chi connectivity index (χ1) is 7.88. The summed E-state index contributed by atoms with van der Waals surface area (Å²) >= 11 is 0. The molecule has 0 atom stereocenters. The van der Waals surface area contributed by atoms with E-state index in [1.807, 2.05) is 0 Å². The summed E-state index contributed by atoms with van der Waals surface area (Å²) in [6.45, 7) is 11.5. The molecule has 2 heteroatoms. The molecule has 92 valence electrons. The van der Waals surface area contributed by atoms with Crippen molar-refractivity contribution in [2.24, 2.45) is 0 Å². The lowest BCUT2D eigenvalue weighted by Crippen LogP contribution is -2.35. The van der Waals surface area contributed by atoms with Crippen molar-refractivity contribution in [2.45, 2.75) is 46.7 Å². The zero-order valence-corrected chi connectivity index (χ0v) is 11.3. The van der Waals surface area contributed by atoms with Crippen LogP contribution in [-0.4, -0.2) is 5.54 Å². The van der Waals surface area contributed by atoms with Crippen LogP contribution in [0.25, 0.3) is 11.0 Å². The molecule has 1 aromatic carbocycles. The maximum Gasteiger partial charge on any atom is 0.137 e. The molecule has 0 aliphatic carbocycles. The van der Waals surface area contributed by atoms with Crippen molar-refractivity contribution in [1.29, 1.82) is 0 Å². The molecule has 1 N–H and O–H groups in total. The van der Waals surface area contributed by atoms with Gasteiger partial charge in [-0.3, -0.25) is 0 Å². The SMILES string of the molecule is Cc1c(CNC(C)(C)C)oc2c(C)cccc12. The summed E-state index contributed by atoms with van der Waals surface area (Å²) in [5.41, 5.74) is 3.59. The van der Waals surface area contributed by atoms with Crippen molar-refractivity contribution in [3.63, 3.8) is 0 Å². The third-order valence-corrected chi connectivity index (χ3v) is 3.04. The molecular formula is C15H21NO. The summed E-state index contributed by atoms with van der Waals surface area (Å²) in [6.07, 6.45) is 0. The fourth-order valence-corrected chi connectivity index (χ4v) is 1.95. The first-order valence-corrected chi connectivity index (χ1v) is 6.11. The molecule has 2 rings (SSSR count). The van der Waals surface area contributed by atoms with Crippen LogP contribution in [0, 0.1) is 13.8 Å². The van der Waals surface area contributed by atoms with Crippen LogP contribution >= 0.6 is 0 Å². The summed E-state index contributed by atoms with van der Waals surface area (Å²) < 4.78 is 5.96. The van der Waals surface area contributed by atoms with Crippen molar-refractivity contribution in [3.05, 3.63) is 35.1 Å². The van der Waals surface area contributed by atoms with Gasteiger partial charge in [0.25, 0.3) is 0 Å². The van der Waals surface area contributed by atoms with Crippen molar-refractivity contribution in [2.75, 3.05) is 0 Å². The van der Waals surface area contributed by atoms with E-state index in [4.69, 9.17) is 4.42 Å². The molecule has 0 saturated heterocycles. The standard InChI is InChI=1S/C15H21NO/c1-10-7-6-8-12-11(2)13(17-14(10)12)9-16-15(3,4)5/h6-8,16H,9H2,1-5H3. The molecule has 0 bridgehead atoms. The van der Waals surface area contributed by atoms with Gasteiger partial charge < -0.3 is 9.73 Å². The number of nitrogens with one attached hydrogen (secondary N) is 1. The largest absolute Gasteiger partial charge is 0.459 e. The van der Waals surface area contributed by atoms with E-state index in [1.54, 1.807) is 0 Å². The second kappa shape index (κ2) is 4.19. The number of hydrogen-bond donors (Lipinski definition) is 1. The molecule has 0 radical (unpaired) electrons. The summed E-state index contributed by atoms with van der Waals surface area (Å²) in [7, 11) is 0. The van der Waals surface area contributed by atoms with E-state index in [0.29, 0.717) is 0 Å². The second-order valence-corrected chi connectivity index (χ2v) is 5.71. The van der Waals surface area contributed by atoms with Crippen LogP contribution in [0.2, 0.25) is 0 Å². The zero-order chi connectivity index (χ0) is 12.6. The average molecular weight is 231 g/mol. The minimum Gasteiger partial charge on any atom is -0.459 e. The van der Waals surface area contributed by atoms with Gasteiger partial charge in [-0.15, -0.1) is 0 Å². The molecule has 0 saturated carbocycles. The van der Waals surface area contributed by atoms with Gasteiger partial charge in [0, 0.05) is 10.9 Å². The molecule has 2 nitrogen and oxygen atoms in total. The molecule has 0 spiro atoms. The van der Waals surface area contributed by atoms with Gasteiger partial charge in [0.15, 0.2) is 0 Å². The maximum atomic E-state index is 5.96. The zero-order valence-electron chi connectivity index (χ0n) is 11.3. The Morgan fingerprint density at radius 2 is 1.88 bits per heavy atom. The minimum absolute atomic E-state index is 0.112. The highest BCUT2D eigenvalue weighted by atomic mass is 16.3. The lowest BCUT2D eigenvalue weighted by atomic mass is 10.1. The third-order valence-electron chi connectivity index (χ3n) is 3.04. The second-order valence-electron chi connectivity index (χ2n) is 5.71. The summed E-state index contributed by atoms with van der Waals surface area (Å²) in [5, 5.41) is 4.70. The number of hydrogen-bond acceptors (Lipinski definition) is 2. The lowest BCUT2D eigenvalue weighted by molar-refractivity contribution is 0.394. The normalized spacial score (nSPS) is 12.3. The highest BCUT2D eigenvalue weighted by Gasteiger charge is 2.14. The third kappa shape index (κ3) is 2.52. The Bertz CT molecular complexity index is 532. The van der Waals surface area contributed by atoms with Crippen molar-refractivity contribution in [3.8, 4) is 0 Å². The fourth-order valence-electron chi connectivity index (χ4n) is 1.95. The smallest absolute Gasteiger partial charge is 0.137 e. The minimum atomic E-state index is 0.112. The maximum absolute atomic E-state index is 5.96. The lowest BCUT2D eigenvalue weighted by Gasteiger charge is -2.19. The van der Waals surface area contributed by atoms with Crippen LogP contribution < -0.4 is 5.32 Å². The Labute approximate surface area is 103 Å². The first kappa shape index (κ1) is 12.2. The van der Waals surface area contributed by atoms with Crippen LogP contribution in [0.5, 0.6) is 0 Å². The Kier molecular flexibility index (Phi) is 3.00. The van der Waals surface area contributed by atoms with Gasteiger partial charge in [-0.1, -0.05) is 18.2 Å². The Hall–Kier alpha value is -1.28. The van der Waals surface area contributed by atoms with Gasteiger partial charge >= 0.3 is 0 Å². The molecular weight excluding hydrogens is 210 g/mol. The Morgan fingerprint density at radius 3 is 2.47 bits per heavy atom. The monoisotopic (exact) mass is 231 g/mol. The van der Waals surface area contributed by atoms with E-state index >= 15 is 0 Å². The topological polar surface area (TPSA) is 25.2 Å². The van der Waals surface area contributed by atoms with Crippen LogP contribution in [0.4, 0.5) is 0 Å². The van der Waals surface area contributed by atoms with Gasteiger partial charge in [0.2, 0.25) is 0 Å². The predicted octanol–water partition coefficient (Wildman–Crippen LogP) is 3.94. The summed E-state index contributed by atoms with van der Waals surface area (Å²) in [6, 6.07) is 6.30. The highest BCUT2D eigenvalue weighted by Crippen LogP contribution is 2.27. The number of aryl methyl sites for hydroxylation is 2. The number of furan rings is 1. The quantitative estimate of drug-likeness (QED) is 0.847. The molecule has 0 aliphatic rings. The van der Waals surface area contributed by atoms with Gasteiger partial charge in [-0.25, -0.2) is 0 Å². The number of para-hydroxylation sites is 1.